The lowest BCUT2D eigenvalue weighted by Gasteiger charge is -2.20. The van der Waals surface area contributed by atoms with Crippen molar-refractivity contribution in [3.63, 3.8) is 0 Å². The summed E-state index contributed by atoms with van der Waals surface area (Å²) in [5, 5.41) is 5.98. The van der Waals surface area contributed by atoms with Crippen LogP contribution >= 0.6 is 0 Å². The minimum Gasteiger partial charge on any atom is -0.399 e. The Labute approximate surface area is 109 Å². The number of aromatic nitrogens is 2. The molecule has 0 fully saturated rings. The van der Waals surface area contributed by atoms with Crippen LogP contribution in [0.4, 0.5) is 11.4 Å². The summed E-state index contributed by atoms with van der Waals surface area (Å²) in [7, 11) is 0. The lowest BCUT2D eigenvalue weighted by molar-refractivity contribution is 0.0982. The monoisotopic (exact) mass is 258 g/mol. The van der Waals surface area contributed by atoms with Crippen LogP contribution in [0.5, 0.6) is 0 Å². The van der Waals surface area contributed by atoms with Crippen LogP contribution in [0.1, 0.15) is 17.4 Å². The van der Waals surface area contributed by atoms with Gasteiger partial charge >= 0.3 is 0 Å². The fourth-order valence-electron chi connectivity index (χ4n) is 1.70. The summed E-state index contributed by atoms with van der Waals surface area (Å²) in [6.07, 6.45) is 0. The van der Waals surface area contributed by atoms with Crippen molar-refractivity contribution in [1.29, 1.82) is 0 Å². The van der Waals surface area contributed by atoms with E-state index in [9.17, 15) is 9.59 Å². The summed E-state index contributed by atoms with van der Waals surface area (Å²) in [6, 6.07) is 9.67. The molecule has 19 heavy (non-hydrogen) atoms. The van der Waals surface area contributed by atoms with E-state index < -0.39 is 0 Å². The van der Waals surface area contributed by atoms with Gasteiger partial charge in [0.15, 0.2) is 0 Å². The second kappa shape index (κ2) is 5.34. The number of carbonyl (C=O) groups is 1. The largest absolute Gasteiger partial charge is 0.399 e. The van der Waals surface area contributed by atoms with Gasteiger partial charge in [0.25, 0.3) is 11.5 Å². The van der Waals surface area contributed by atoms with E-state index in [4.69, 9.17) is 5.73 Å². The van der Waals surface area contributed by atoms with Gasteiger partial charge in [-0.05, 0) is 37.3 Å². The predicted molar refractivity (Wildman–Crippen MR) is 73.1 cm³/mol. The van der Waals surface area contributed by atoms with Crippen molar-refractivity contribution < 1.29 is 4.79 Å². The summed E-state index contributed by atoms with van der Waals surface area (Å²) in [4.78, 5) is 24.8. The minimum absolute atomic E-state index is 0.193. The molecule has 0 bridgehead atoms. The minimum atomic E-state index is -0.341. The third-order valence-corrected chi connectivity index (χ3v) is 2.66. The number of nitrogens with two attached hydrogens (primary N) is 1. The fraction of sp³-hybridized carbons (Fsp3) is 0.154. The van der Waals surface area contributed by atoms with E-state index >= 15 is 0 Å². The lowest BCUT2D eigenvalue weighted by atomic mass is 10.2. The highest BCUT2D eigenvalue weighted by Crippen LogP contribution is 2.17. The smallest absolute Gasteiger partial charge is 0.278 e. The molecule has 0 aliphatic carbocycles. The first-order chi connectivity index (χ1) is 9.11. The Morgan fingerprint density at radius 1 is 1.26 bits per heavy atom. The molecule has 0 saturated carbocycles. The van der Waals surface area contributed by atoms with Gasteiger partial charge in [0.1, 0.15) is 5.69 Å². The Hall–Kier alpha value is -2.63. The number of nitrogens with one attached hydrogen (secondary N) is 1. The first-order valence-corrected chi connectivity index (χ1v) is 5.85. The number of aromatic amines is 1. The zero-order valence-corrected chi connectivity index (χ0v) is 10.5. The second-order valence-corrected chi connectivity index (χ2v) is 3.95. The van der Waals surface area contributed by atoms with Crippen LogP contribution in [0, 0.1) is 0 Å². The van der Waals surface area contributed by atoms with Crippen molar-refractivity contribution in [3.05, 3.63) is 52.4 Å². The van der Waals surface area contributed by atoms with Gasteiger partial charge in [0.2, 0.25) is 0 Å². The van der Waals surface area contributed by atoms with Gasteiger partial charge in [0.05, 0.1) is 0 Å². The van der Waals surface area contributed by atoms with Gasteiger partial charge < -0.3 is 10.6 Å². The normalized spacial score (nSPS) is 10.2. The van der Waals surface area contributed by atoms with Crippen molar-refractivity contribution in [2.45, 2.75) is 6.92 Å². The molecule has 0 spiro atoms. The number of hydrogen-bond acceptors (Lipinski definition) is 4. The molecule has 0 radical (unpaired) electrons. The van der Waals surface area contributed by atoms with Crippen LogP contribution in [0.3, 0.4) is 0 Å². The van der Waals surface area contributed by atoms with E-state index in [0.717, 1.165) is 5.69 Å². The number of benzene rings is 1. The van der Waals surface area contributed by atoms with Gasteiger partial charge in [0, 0.05) is 24.0 Å². The Morgan fingerprint density at radius 3 is 2.47 bits per heavy atom. The number of carbonyl (C=O) groups excluding carboxylic acids is 1. The molecule has 0 unspecified atom stereocenters. The molecule has 2 rings (SSSR count). The topological polar surface area (TPSA) is 92.1 Å². The Balaban J connectivity index is 2.31. The molecule has 3 N–H and O–H groups in total. The van der Waals surface area contributed by atoms with E-state index in [2.05, 4.69) is 10.2 Å². The molecule has 0 saturated heterocycles. The van der Waals surface area contributed by atoms with E-state index in [-0.39, 0.29) is 17.2 Å². The van der Waals surface area contributed by atoms with Gasteiger partial charge in [-0.2, -0.15) is 5.10 Å². The van der Waals surface area contributed by atoms with Crippen molar-refractivity contribution >= 4 is 17.3 Å². The number of H-pyrrole nitrogens is 1. The standard InChI is InChI=1S/C13H14N4O2/c1-2-17(10-5-3-9(14)4-6-10)13(19)11-7-8-12(18)16-15-11/h3-8H,2,14H2,1H3,(H,16,18). The lowest BCUT2D eigenvalue weighted by Crippen LogP contribution is -2.32. The van der Waals surface area contributed by atoms with Gasteiger partial charge in [-0.25, -0.2) is 5.10 Å². The molecule has 2 aromatic rings. The van der Waals surface area contributed by atoms with Crippen LogP contribution in [-0.4, -0.2) is 22.6 Å². The summed E-state index contributed by atoms with van der Waals surface area (Å²) in [5.74, 6) is -0.275. The average molecular weight is 258 g/mol. The number of hydrogen-bond donors (Lipinski definition) is 2. The summed E-state index contributed by atoms with van der Waals surface area (Å²) < 4.78 is 0. The summed E-state index contributed by atoms with van der Waals surface area (Å²) >= 11 is 0. The fourth-order valence-corrected chi connectivity index (χ4v) is 1.70. The average Bonchev–Trinajstić information content (AvgIpc) is 2.42. The van der Waals surface area contributed by atoms with Crippen molar-refractivity contribution in [3.8, 4) is 0 Å². The van der Waals surface area contributed by atoms with Gasteiger partial charge in [-0.1, -0.05) is 0 Å². The maximum absolute atomic E-state index is 12.3. The molecule has 6 heteroatoms. The molecular formula is C13H14N4O2. The number of rotatable bonds is 3. The van der Waals surface area contributed by atoms with Crippen LogP contribution in [0.15, 0.2) is 41.2 Å². The van der Waals surface area contributed by atoms with Crippen LogP contribution < -0.4 is 16.2 Å². The van der Waals surface area contributed by atoms with Gasteiger partial charge in [-0.3, -0.25) is 9.59 Å². The molecule has 0 aliphatic rings. The molecular weight excluding hydrogens is 244 g/mol. The zero-order valence-electron chi connectivity index (χ0n) is 10.5. The summed E-state index contributed by atoms with van der Waals surface area (Å²) in [6.45, 7) is 2.35. The second-order valence-electron chi connectivity index (χ2n) is 3.95. The Morgan fingerprint density at radius 2 is 1.95 bits per heavy atom. The molecule has 98 valence electrons. The number of nitrogen functional groups attached to an aromatic ring is 1. The van der Waals surface area contributed by atoms with Gasteiger partial charge in [-0.15, -0.1) is 0 Å². The highest BCUT2D eigenvalue weighted by Gasteiger charge is 2.17. The first-order valence-electron chi connectivity index (χ1n) is 5.85. The van der Waals surface area contributed by atoms with Crippen LogP contribution in [-0.2, 0) is 0 Å². The third-order valence-electron chi connectivity index (χ3n) is 2.66. The van der Waals surface area contributed by atoms with Crippen molar-refractivity contribution in [2.75, 3.05) is 17.2 Å². The predicted octanol–water partition coefficient (Wildman–Crippen LogP) is 1.02. The summed E-state index contributed by atoms with van der Waals surface area (Å²) in [5.41, 5.74) is 6.83. The number of anilines is 2. The van der Waals surface area contributed by atoms with E-state index in [1.165, 1.54) is 12.1 Å². The van der Waals surface area contributed by atoms with E-state index in [1.807, 2.05) is 6.92 Å². The van der Waals surface area contributed by atoms with Crippen molar-refractivity contribution in [2.24, 2.45) is 0 Å². The number of amides is 1. The molecule has 1 amide bonds. The highest BCUT2D eigenvalue weighted by molar-refractivity contribution is 6.04. The molecule has 1 aromatic heterocycles. The molecule has 1 heterocycles. The Kier molecular flexibility index (Phi) is 3.61. The molecule has 6 nitrogen and oxygen atoms in total. The highest BCUT2D eigenvalue weighted by atomic mass is 16.2. The van der Waals surface area contributed by atoms with Crippen LogP contribution in [0.2, 0.25) is 0 Å². The zero-order chi connectivity index (χ0) is 13.8. The first kappa shape index (κ1) is 12.8. The van der Waals surface area contributed by atoms with Crippen LogP contribution in [0.25, 0.3) is 0 Å². The maximum atomic E-state index is 12.3. The SMILES string of the molecule is CCN(C(=O)c1ccc(=O)[nH]n1)c1ccc(N)cc1. The maximum Gasteiger partial charge on any atom is 0.278 e. The van der Waals surface area contributed by atoms with E-state index in [0.29, 0.717) is 12.2 Å². The molecule has 0 atom stereocenters. The molecule has 0 aliphatic heterocycles. The molecule has 1 aromatic carbocycles. The quantitative estimate of drug-likeness (QED) is 0.804. The third kappa shape index (κ3) is 2.79. The Bertz CT molecular complexity index is 613. The number of nitrogens with zero attached hydrogens (tertiary/aromatic N) is 2. The van der Waals surface area contributed by atoms with E-state index in [1.54, 1.807) is 29.2 Å². The van der Waals surface area contributed by atoms with Crippen molar-refractivity contribution in [1.82, 2.24) is 10.2 Å².